The number of benzene rings is 1. The average Bonchev–Trinajstić information content (AvgIpc) is 2.92. The Morgan fingerprint density at radius 2 is 2.05 bits per heavy atom. The van der Waals surface area contributed by atoms with Crippen molar-refractivity contribution in [2.24, 2.45) is 5.41 Å². The van der Waals surface area contributed by atoms with Crippen molar-refractivity contribution >= 4 is 11.8 Å². The normalized spacial score (nSPS) is 24.8. The number of nitrogens with one attached hydrogen (secondary N) is 1. The summed E-state index contributed by atoms with van der Waals surface area (Å²) in [6, 6.07) is 10.3. The van der Waals surface area contributed by atoms with Crippen molar-refractivity contribution in [3.05, 3.63) is 35.9 Å². The van der Waals surface area contributed by atoms with Crippen LogP contribution >= 0.6 is 0 Å². The van der Waals surface area contributed by atoms with Crippen LogP contribution in [0, 0.1) is 5.41 Å². The van der Waals surface area contributed by atoms with E-state index < -0.39 is 5.41 Å². The molecular formula is C17H23NO3. The third kappa shape index (κ3) is 3.50. The van der Waals surface area contributed by atoms with Crippen molar-refractivity contribution < 1.29 is 14.3 Å². The van der Waals surface area contributed by atoms with Crippen LogP contribution in [0.5, 0.6) is 0 Å². The molecule has 1 N–H and O–H groups in total. The molecule has 2 rings (SSSR count). The van der Waals surface area contributed by atoms with Gasteiger partial charge in [0.15, 0.2) is 0 Å². The first-order valence-electron chi connectivity index (χ1n) is 7.54. The molecule has 4 heteroatoms. The van der Waals surface area contributed by atoms with Gasteiger partial charge in [0.1, 0.15) is 11.2 Å². The van der Waals surface area contributed by atoms with Gasteiger partial charge in [-0.3, -0.25) is 9.59 Å². The Morgan fingerprint density at radius 1 is 1.33 bits per heavy atom. The van der Waals surface area contributed by atoms with Gasteiger partial charge in [-0.1, -0.05) is 30.3 Å². The van der Waals surface area contributed by atoms with Crippen LogP contribution in [0.4, 0.5) is 0 Å². The SMILES string of the molecule is CCOC(=O)C1(C(C)=O)CCC(NCc2ccccc2)C1. The molecule has 0 heterocycles. The van der Waals surface area contributed by atoms with E-state index >= 15 is 0 Å². The lowest BCUT2D eigenvalue weighted by atomic mass is 9.82. The number of rotatable bonds is 6. The summed E-state index contributed by atoms with van der Waals surface area (Å²) >= 11 is 0. The van der Waals surface area contributed by atoms with Crippen LogP contribution in [0.2, 0.25) is 0 Å². The molecule has 1 aromatic carbocycles. The summed E-state index contributed by atoms with van der Waals surface area (Å²) in [5, 5.41) is 3.44. The predicted molar refractivity (Wildman–Crippen MR) is 80.7 cm³/mol. The molecule has 2 unspecified atom stereocenters. The highest BCUT2D eigenvalue weighted by atomic mass is 16.5. The molecular weight excluding hydrogens is 266 g/mol. The molecule has 1 aliphatic carbocycles. The molecule has 21 heavy (non-hydrogen) atoms. The van der Waals surface area contributed by atoms with Crippen molar-refractivity contribution in [1.82, 2.24) is 5.32 Å². The molecule has 0 radical (unpaired) electrons. The molecule has 4 nitrogen and oxygen atoms in total. The number of hydrogen-bond acceptors (Lipinski definition) is 4. The van der Waals surface area contributed by atoms with Gasteiger partial charge in [0.25, 0.3) is 0 Å². The summed E-state index contributed by atoms with van der Waals surface area (Å²) in [6.45, 7) is 4.33. The van der Waals surface area contributed by atoms with Crippen molar-refractivity contribution in [3.8, 4) is 0 Å². The second-order valence-corrected chi connectivity index (χ2v) is 5.66. The Bertz CT molecular complexity index is 500. The fraction of sp³-hybridized carbons (Fsp3) is 0.529. The fourth-order valence-electron chi connectivity index (χ4n) is 3.00. The first-order chi connectivity index (χ1) is 10.1. The number of ether oxygens (including phenoxy) is 1. The third-order valence-electron chi connectivity index (χ3n) is 4.29. The summed E-state index contributed by atoms with van der Waals surface area (Å²) < 4.78 is 5.11. The van der Waals surface area contributed by atoms with Gasteiger partial charge in [0.05, 0.1) is 6.61 Å². The number of carbonyl (C=O) groups is 2. The number of ketones is 1. The zero-order valence-corrected chi connectivity index (χ0v) is 12.7. The number of carbonyl (C=O) groups excluding carboxylic acids is 2. The molecule has 0 aliphatic heterocycles. The summed E-state index contributed by atoms with van der Waals surface area (Å²) in [4.78, 5) is 24.1. The number of esters is 1. The van der Waals surface area contributed by atoms with Gasteiger partial charge < -0.3 is 10.1 Å². The van der Waals surface area contributed by atoms with E-state index in [0.29, 0.717) is 19.4 Å². The van der Waals surface area contributed by atoms with Gasteiger partial charge in [0, 0.05) is 12.6 Å². The lowest BCUT2D eigenvalue weighted by Gasteiger charge is -2.24. The van der Waals surface area contributed by atoms with Crippen molar-refractivity contribution in [2.45, 2.75) is 45.7 Å². The maximum Gasteiger partial charge on any atom is 0.319 e. The van der Waals surface area contributed by atoms with Gasteiger partial charge in [-0.25, -0.2) is 0 Å². The largest absolute Gasteiger partial charge is 0.465 e. The molecule has 1 fully saturated rings. The van der Waals surface area contributed by atoms with Gasteiger partial charge in [0.2, 0.25) is 0 Å². The lowest BCUT2D eigenvalue weighted by Crippen LogP contribution is -2.39. The van der Waals surface area contributed by atoms with E-state index in [1.54, 1.807) is 6.92 Å². The topological polar surface area (TPSA) is 55.4 Å². The van der Waals surface area contributed by atoms with Crippen LogP contribution in [-0.4, -0.2) is 24.4 Å². The van der Waals surface area contributed by atoms with E-state index in [2.05, 4.69) is 17.4 Å². The summed E-state index contributed by atoms with van der Waals surface area (Å²) in [7, 11) is 0. The minimum Gasteiger partial charge on any atom is -0.465 e. The minimum absolute atomic E-state index is 0.0787. The molecule has 1 aliphatic rings. The molecule has 0 saturated heterocycles. The zero-order chi connectivity index (χ0) is 15.3. The van der Waals surface area contributed by atoms with E-state index in [4.69, 9.17) is 4.74 Å². The quantitative estimate of drug-likeness (QED) is 0.645. The second-order valence-electron chi connectivity index (χ2n) is 5.66. The smallest absolute Gasteiger partial charge is 0.319 e. The number of hydrogen-bond donors (Lipinski definition) is 1. The molecule has 2 atom stereocenters. The Morgan fingerprint density at radius 3 is 2.67 bits per heavy atom. The molecule has 1 aromatic rings. The summed E-state index contributed by atoms with van der Waals surface area (Å²) in [5.41, 5.74) is 0.263. The van der Waals surface area contributed by atoms with Crippen molar-refractivity contribution in [2.75, 3.05) is 6.61 Å². The lowest BCUT2D eigenvalue weighted by molar-refractivity contribution is -0.159. The molecule has 0 bridgehead atoms. The molecule has 114 valence electrons. The van der Waals surface area contributed by atoms with Gasteiger partial charge >= 0.3 is 5.97 Å². The molecule has 0 amide bonds. The van der Waals surface area contributed by atoms with Gasteiger partial charge in [-0.15, -0.1) is 0 Å². The van der Waals surface area contributed by atoms with E-state index in [-0.39, 0.29) is 17.8 Å². The van der Waals surface area contributed by atoms with E-state index in [1.165, 1.54) is 12.5 Å². The second kappa shape index (κ2) is 6.85. The highest BCUT2D eigenvalue weighted by Crippen LogP contribution is 2.40. The molecule has 0 spiro atoms. The monoisotopic (exact) mass is 289 g/mol. The maximum absolute atomic E-state index is 12.2. The van der Waals surface area contributed by atoms with E-state index in [0.717, 1.165) is 13.0 Å². The molecule has 1 saturated carbocycles. The van der Waals surface area contributed by atoms with E-state index in [9.17, 15) is 9.59 Å². The standard InChI is InChI=1S/C17H23NO3/c1-3-21-16(20)17(13(2)19)10-9-15(11-17)18-12-14-7-5-4-6-8-14/h4-8,15,18H,3,9-12H2,1-2H3. The van der Waals surface area contributed by atoms with Crippen molar-refractivity contribution in [3.63, 3.8) is 0 Å². The summed E-state index contributed by atoms with van der Waals surface area (Å²) in [5.74, 6) is -0.438. The highest BCUT2D eigenvalue weighted by Gasteiger charge is 2.50. The first kappa shape index (κ1) is 15.7. The fourth-order valence-corrected chi connectivity index (χ4v) is 3.00. The van der Waals surface area contributed by atoms with Crippen LogP contribution in [0.15, 0.2) is 30.3 Å². The van der Waals surface area contributed by atoms with Crippen molar-refractivity contribution in [1.29, 1.82) is 0 Å². The van der Waals surface area contributed by atoms with Gasteiger partial charge in [-0.2, -0.15) is 0 Å². The Hall–Kier alpha value is -1.68. The van der Waals surface area contributed by atoms with E-state index in [1.807, 2.05) is 18.2 Å². The predicted octanol–water partition coefficient (Wildman–Crippen LogP) is 2.47. The third-order valence-corrected chi connectivity index (χ3v) is 4.29. The average molecular weight is 289 g/mol. The Balaban J connectivity index is 1.97. The summed E-state index contributed by atoms with van der Waals surface area (Å²) in [6.07, 6.45) is 1.94. The van der Waals surface area contributed by atoms with Crippen LogP contribution in [-0.2, 0) is 20.9 Å². The van der Waals surface area contributed by atoms with Crippen LogP contribution in [0.25, 0.3) is 0 Å². The highest BCUT2D eigenvalue weighted by molar-refractivity contribution is 6.03. The first-order valence-corrected chi connectivity index (χ1v) is 7.54. The zero-order valence-electron chi connectivity index (χ0n) is 12.7. The molecule has 0 aromatic heterocycles. The van der Waals surface area contributed by atoms with Gasteiger partial charge in [-0.05, 0) is 38.7 Å². The maximum atomic E-state index is 12.2. The van der Waals surface area contributed by atoms with Crippen LogP contribution < -0.4 is 5.32 Å². The number of Topliss-reactive ketones (excluding diaryl/α,β-unsaturated/α-hetero) is 1. The Labute approximate surface area is 125 Å². The minimum atomic E-state index is -0.940. The van der Waals surface area contributed by atoms with Crippen LogP contribution in [0.3, 0.4) is 0 Å². The van der Waals surface area contributed by atoms with Crippen LogP contribution in [0.1, 0.15) is 38.7 Å². The Kier molecular flexibility index (Phi) is 5.12.